The van der Waals surface area contributed by atoms with Gasteiger partial charge in [0.15, 0.2) is 11.5 Å². The quantitative estimate of drug-likeness (QED) is 0.870. The van der Waals surface area contributed by atoms with Crippen LogP contribution < -0.4 is 0 Å². The fourth-order valence-corrected chi connectivity index (χ4v) is 2.44. The summed E-state index contributed by atoms with van der Waals surface area (Å²) in [6.45, 7) is 1.25. The summed E-state index contributed by atoms with van der Waals surface area (Å²) in [5.74, 6) is -1.38. The third-order valence-electron chi connectivity index (χ3n) is 2.45. The molecule has 0 amide bonds. The lowest BCUT2D eigenvalue weighted by Crippen LogP contribution is -2.09. The maximum atomic E-state index is 12.9. The Hall–Kier alpha value is -2.10. The number of alkyl halides is 3. The maximum absolute atomic E-state index is 12.9. The molecule has 0 saturated carbocycles. The second-order valence-electron chi connectivity index (χ2n) is 3.94. The second-order valence-corrected chi connectivity index (χ2v) is 4.90. The van der Waals surface area contributed by atoms with Crippen LogP contribution in [0.3, 0.4) is 0 Å². The smallest absolute Gasteiger partial charge is 0.435 e. The van der Waals surface area contributed by atoms with E-state index in [0.29, 0.717) is 0 Å². The van der Waals surface area contributed by atoms with Gasteiger partial charge >= 0.3 is 12.1 Å². The van der Waals surface area contributed by atoms with Gasteiger partial charge in [0.05, 0.1) is 5.75 Å². The molecule has 21 heavy (non-hydrogen) atoms. The Labute approximate surface area is 121 Å². The van der Waals surface area contributed by atoms with E-state index >= 15 is 0 Å². The molecule has 0 aliphatic heterocycles. The highest BCUT2D eigenvalue weighted by molar-refractivity contribution is 7.99. The minimum atomic E-state index is -4.62. The molecule has 0 spiro atoms. The number of carboxylic acids is 1. The zero-order valence-electron chi connectivity index (χ0n) is 10.6. The van der Waals surface area contributed by atoms with Gasteiger partial charge in [-0.25, -0.2) is 14.6 Å². The molecule has 2 heterocycles. The largest absolute Gasteiger partial charge is 0.481 e. The monoisotopic (exact) mass is 318 g/mol. The van der Waals surface area contributed by atoms with E-state index < -0.39 is 17.8 Å². The van der Waals surface area contributed by atoms with E-state index in [1.807, 2.05) is 0 Å². The van der Waals surface area contributed by atoms with Crippen molar-refractivity contribution in [3.63, 3.8) is 0 Å². The molecule has 0 atom stereocenters. The summed E-state index contributed by atoms with van der Waals surface area (Å²) in [7, 11) is 0. The number of aromatic nitrogens is 4. The van der Waals surface area contributed by atoms with Crippen LogP contribution in [0.15, 0.2) is 23.6 Å². The van der Waals surface area contributed by atoms with Crippen molar-refractivity contribution < 1.29 is 23.1 Å². The van der Waals surface area contributed by atoms with E-state index in [2.05, 4.69) is 15.1 Å². The Morgan fingerprint density at radius 2 is 2.19 bits per heavy atom. The molecular formula is C11H9F3N4O2S. The van der Waals surface area contributed by atoms with Crippen LogP contribution in [0.1, 0.15) is 11.3 Å². The average Bonchev–Trinajstić information content (AvgIpc) is 2.74. The van der Waals surface area contributed by atoms with E-state index in [1.54, 1.807) is 0 Å². The van der Waals surface area contributed by atoms with Gasteiger partial charge in [0.25, 0.3) is 0 Å². The minimum absolute atomic E-state index is 0.0865. The lowest BCUT2D eigenvalue weighted by Gasteiger charge is -2.05. The van der Waals surface area contributed by atoms with Gasteiger partial charge < -0.3 is 5.11 Å². The summed E-state index contributed by atoms with van der Waals surface area (Å²) >= 11 is 0.754. The number of carboxylic acid groups (broad SMARTS) is 1. The number of aliphatic carboxylic acids is 1. The van der Waals surface area contributed by atoms with Crippen LogP contribution in [-0.4, -0.2) is 36.6 Å². The third-order valence-corrected chi connectivity index (χ3v) is 3.60. The summed E-state index contributed by atoms with van der Waals surface area (Å²) in [4.78, 5) is 18.1. The van der Waals surface area contributed by atoms with Crippen LogP contribution in [0, 0.1) is 6.92 Å². The van der Waals surface area contributed by atoms with E-state index in [1.165, 1.54) is 25.5 Å². The highest BCUT2D eigenvalue weighted by Gasteiger charge is 2.38. The van der Waals surface area contributed by atoms with Gasteiger partial charge in [0.1, 0.15) is 11.4 Å². The first-order chi connectivity index (χ1) is 9.80. The molecule has 1 N–H and O–H groups in total. The van der Waals surface area contributed by atoms with Crippen molar-refractivity contribution in [1.82, 2.24) is 19.7 Å². The molecule has 0 radical (unpaired) electrons. The SMILES string of the molecule is Cc1c(C(F)(F)F)nn(-c2ccncn2)c1SCC(=O)O. The molecule has 2 rings (SSSR count). The van der Waals surface area contributed by atoms with Crippen molar-refractivity contribution in [2.45, 2.75) is 18.1 Å². The lowest BCUT2D eigenvalue weighted by atomic mass is 10.3. The summed E-state index contributed by atoms with van der Waals surface area (Å²) < 4.78 is 39.7. The first kappa shape index (κ1) is 15.3. The van der Waals surface area contributed by atoms with Crippen molar-refractivity contribution in [3.05, 3.63) is 29.8 Å². The summed E-state index contributed by atoms with van der Waals surface area (Å²) in [6, 6.07) is 1.39. The van der Waals surface area contributed by atoms with Crippen LogP contribution in [0.25, 0.3) is 5.82 Å². The number of nitrogens with zero attached hydrogens (tertiary/aromatic N) is 4. The molecule has 0 aliphatic rings. The van der Waals surface area contributed by atoms with Crippen LogP contribution in [0.5, 0.6) is 0 Å². The van der Waals surface area contributed by atoms with Crippen LogP contribution in [-0.2, 0) is 11.0 Å². The number of halogens is 3. The van der Waals surface area contributed by atoms with Crippen molar-refractivity contribution in [2.24, 2.45) is 0 Å². The maximum Gasteiger partial charge on any atom is 0.435 e. The average molecular weight is 318 g/mol. The van der Waals surface area contributed by atoms with E-state index in [-0.39, 0.29) is 22.2 Å². The Morgan fingerprint density at radius 3 is 2.71 bits per heavy atom. The van der Waals surface area contributed by atoms with Crippen LogP contribution in [0.4, 0.5) is 13.2 Å². The Balaban J connectivity index is 2.54. The van der Waals surface area contributed by atoms with Crippen molar-refractivity contribution >= 4 is 17.7 Å². The van der Waals surface area contributed by atoms with Crippen molar-refractivity contribution in [2.75, 3.05) is 5.75 Å². The fourth-order valence-electron chi connectivity index (χ4n) is 1.61. The molecule has 0 bridgehead atoms. The Bertz CT molecular complexity index is 657. The van der Waals surface area contributed by atoms with E-state index in [9.17, 15) is 18.0 Å². The number of thioether (sulfide) groups is 1. The molecule has 6 nitrogen and oxygen atoms in total. The van der Waals surface area contributed by atoms with Crippen LogP contribution in [0.2, 0.25) is 0 Å². The zero-order valence-corrected chi connectivity index (χ0v) is 11.4. The standard InChI is InChI=1S/C11H9F3N4O2S/c1-6-9(11(12,13)14)17-18(7-2-3-15-5-16-7)10(6)21-4-8(19)20/h2-3,5H,4H2,1H3,(H,19,20). The lowest BCUT2D eigenvalue weighted by molar-refractivity contribution is -0.141. The first-order valence-electron chi connectivity index (χ1n) is 5.58. The second kappa shape index (κ2) is 5.72. The molecule has 0 unspecified atom stereocenters. The molecule has 0 aliphatic carbocycles. The van der Waals surface area contributed by atoms with Crippen molar-refractivity contribution in [3.8, 4) is 5.82 Å². The Kier molecular flexibility index (Phi) is 4.16. The summed E-state index contributed by atoms with van der Waals surface area (Å²) in [5, 5.41) is 12.3. The molecule has 112 valence electrons. The van der Waals surface area contributed by atoms with Gasteiger partial charge in [0, 0.05) is 17.8 Å². The Morgan fingerprint density at radius 1 is 1.48 bits per heavy atom. The van der Waals surface area contributed by atoms with Gasteiger partial charge in [-0.05, 0) is 6.92 Å². The molecule has 2 aromatic heterocycles. The molecule has 10 heteroatoms. The summed E-state index contributed by atoms with van der Waals surface area (Å²) in [5.41, 5.74) is -1.19. The van der Waals surface area contributed by atoms with Gasteiger partial charge in [-0.15, -0.1) is 0 Å². The fraction of sp³-hybridized carbons (Fsp3) is 0.273. The van der Waals surface area contributed by atoms with E-state index in [0.717, 1.165) is 16.4 Å². The normalized spacial score (nSPS) is 11.6. The van der Waals surface area contributed by atoms with Gasteiger partial charge in [0.2, 0.25) is 0 Å². The van der Waals surface area contributed by atoms with Gasteiger partial charge in [-0.3, -0.25) is 4.79 Å². The first-order valence-corrected chi connectivity index (χ1v) is 6.57. The number of carbonyl (C=O) groups is 1. The predicted octanol–water partition coefficient (Wildman–Crippen LogP) is 2.17. The highest BCUT2D eigenvalue weighted by atomic mass is 32.2. The summed E-state index contributed by atoms with van der Waals surface area (Å²) in [6.07, 6.45) is -2.09. The third kappa shape index (κ3) is 3.32. The zero-order chi connectivity index (χ0) is 15.6. The van der Waals surface area contributed by atoms with Crippen molar-refractivity contribution in [1.29, 1.82) is 0 Å². The van der Waals surface area contributed by atoms with E-state index in [4.69, 9.17) is 5.11 Å². The number of rotatable bonds is 4. The highest BCUT2D eigenvalue weighted by Crippen LogP contribution is 2.36. The molecule has 0 saturated heterocycles. The molecule has 2 aromatic rings. The predicted molar refractivity (Wildman–Crippen MR) is 67.3 cm³/mol. The topological polar surface area (TPSA) is 80.9 Å². The van der Waals surface area contributed by atoms with Crippen LogP contribution >= 0.6 is 11.8 Å². The molecular weight excluding hydrogens is 309 g/mol. The minimum Gasteiger partial charge on any atom is -0.481 e. The number of hydrogen-bond donors (Lipinski definition) is 1. The molecule has 0 aromatic carbocycles. The number of hydrogen-bond acceptors (Lipinski definition) is 5. The molecule has 0 fully saturated rings. The van der Waals surface area contributed by atoms with Gasteiger partial charge in [-0.1, -0.05) is 11.8 Å². The van der Waals surface area contributed by atoms with Gasteiger partial charge in [-0.2, -0.15) is 18.3 Å².